The first-order chi connectivity index (χ1) is 10.8. The van der Waals surface area contributed by atoms with Crippen molar-refractivity contribution >= 4 is 0 Å². The third-order valence-corrected chi connectivity index (χ3v) is 4.43. The molecule has 2 aromatic heterocycles. The van der Waals surface area contributed by atoms with Gasteiger partial charge in [0.1, 0.15) is 12.4 Å². The van der Waals surface area contributed by atoms with Crippen molar-refractivity contribution in [1.29, 1.82) is 0 Å². The summed E-state index contributed by atoms with van der Waals surface area (Å²) in [4.78, 5) is 2.50. The summed E-state index contributed by atoms with van der Waals surface area (Å²) in [7, 11) is 1.94. The Morgan fingerprint density at radius 3 is 2.95 bits per heavy atom. The van der Waals surface area contributed by atoms with Gasteiger partial charge in [0.2, 0.25) is 0 Å². The Hall–Kier alpha value is -1.73. The molecule has 2 aromatic rings. The SMILES string of the molecule is Cn1c(CO)nnc1[C@@H]1CCCN(CCCn2cccn2)C1. The predicted molar refractivity (Wildman–Crippen MR) is 82.2 cm³/mol. The van der Waals surface area contributed by atoms with Gasteiger partial charge in [0.05, 0.1) is 0 Å². The highest BCUT2D eigenvalue weighted by molar-refractivity contribution is 5.03. The first-order valence-corrected chi connectivity index (χ1v) is 7.96. The summed E-state index contributed by atoms with van der Waals surface area (Å²) in [6.45, 7) is 4.18. The van der Waals surface area contributed by atoms with Crippen molar-refractivity contribution in [2.45, 2.75) is 38.3 Å². The largest absolute Gasteiger partial charge is 0.388 e. The molecule has 0 aliphatic carbocycles. The zero-order valence-electron chi connectivity index (χ0n) is 13.1. The van der Waals surface area contributed by atoms with E-state index in [1.54, 1.807) is 0 Å². The standard InChI is InChI=1S/C15H24N6O/c1-19-14(12-22)17-18-15(19)13-5-2-7-20(11-13)8-4-10-21-9-3-6-16-21/h3,6,9,13,22H,2,4-5,7-8,10-12H2,1H3/t13-/m1/s1. The zero-order valence-corrected chi connectivity index (χ0v) is 13.1. The van der Waals surface area contributed by atoms with E-state index in [0.717, 1.165) is 44.8 Å². The van der Waals surface area contributed by atoms with Gasteiger partial charge in [-0.1, -0.05) is 0 Å². The Morgan fingerprint density at radius 1 is 1.32 bits per heavy atom. The highest BCUT2D eigenvalue weighted by Crippen LogP contribution is 2.25. The third kappa shape index (κ3) is 3.36. The van der Waals surface area contributed by atoms with Gasteiger partial charge in [0, 0.05) is 38.4 Å². The molecule has 1 aliphatic rings. The summed E-state index contributed by atoms with van der Waals surface area (Å²) in [6, 6.07) is 1.96. The molecule has 0 saturated carbocycles. The number of aromatic nitrogens is 5. The molecule has 1 atom stereocenters. The minimum Gasteiger partial charge on any atom is -0.388 e. The molecule has 1 saturated heterocycles. The molecule has 0 unspecified atom stereocenters. The van der Waals surface area contributed by atoms with Crippen molar-refractivity contribution < 1.29 is 5.11 Å². The maximum Gasteiger partial charge on any atom is 0.158 e. The quantitative estimate of drug-likeness (QED) is 0.853. The molecule has 3 rings (SSSR count). The maximum atomic E-state index is 9.25. The van der Waals surface area contributed by atoms with Gasteiger partial charge in [0.15, 0.2) is 5.82 Å². The van der Waals surface area contributed by atoms with Crippen molar-refractivity contribution in [2.75, 3.05) is 19.6 Å². The fraction of sp³-hybridized carbons (Fsp3) is 0.667. The number of likely N-dealkylation sites (tertiary alicyclic amines) is 1. The highest BCUT2D eigenvalue weighted by atomic mass is 16.3. The molecule has 0 aromatic carbocycles. The average molecular weight is 304 g/mol. The van der Waals surface area contributed by atoms with Crippen LogP contribution in [0.15, 0.2) is 18.5 Å². The number of piperidine rings is 1. The summed E-state index contributed by atoms with van der Waals surface area (Å²) < 4.78 is 3.93. The van der Waals surface area contributed by atoms with Crippen LogP contribution in [0.25, 0.3) is 0 Å². The third-order valence-electron chi connectivity index (χ3n) is 4.43. The Morgan fingerprint density at radius 2 is 2.23 bits per heavy atom. The number of rotatable bonds is 6. The van der Waals surface area contributed by atoms with Crippen LogP contribution in [0.2, 0.25) is 0 Å². The van der Waals surface area contributed by atoms with Gasteiger partial charge in [-0.05, 0) is 38.4 Å². The summed E-state index contributed by atoms with van der Waals surface area (Å²) >= 11 is 0. The lowest BCUT2D eigenvalue weighted by atomic mass is 9.97. The predicted octanol–water partition coefficient (Wildman–Crippen LogP) is 0.774. The van der Waals surface area contributed by atoms with Gasteiger partial charge in [-0.2, -0.15) is 5.10 Å². The second-order valence-electron chi connectivity index (χ2n) is 5.95. The van der Waals surface area contributed by atoms with Gasteiger partial charge >= 0.3 is 0 Å². The Balaban J connectivity index is 1.53. The normalized spacial score (nSPS) is 19.6. The second-order valence-corrected chi connectivity index (χ2v) is 5.95. The number of hydrogen-bond acceptors (Lipinski definition) is 5. The zero-order chi connectivity index (χ0) is 15.4. The minimum atomic E-state index is -0.0518. The van der Waals surface area contributed by atoms with Gasteiger partial charge in [-0.25, -0.2) is 0 Å². The molecule has 7 nitrogen and oxygen atoms in total. The number of aliphatic hydroxyl groups is 1. The van der Waals surface area contributed by atoms with Gasteiger partial charge in [0.25, 0.3) is 0 Å². The summed E-state index contributed by atoms with van der Waals surface area (Å²) in [6.07, 6.45) is 7.27. The molecule has 1 aliphatic heterocycles. The lowest BCUT2D eigenvalue weighted by molar-refractivity contribution is 0.196. The highest BCUT2D eigenvalue weighted by Gasteiger charge is 2.25. The molecule has 0 amide bonds. The minimum absolute atomic E-state index is 0.0518. The van der Waals surface area contributed by atoms with Crippen molar-refractivity contribution in [1.82, 2.24) is 29.4 Å². The fourth-order valence-corrected chi connectivity index (χ4v) is 3.23. The van der Waals surface area contributed by atoms with Crippen LogP contribution in [0.5, 0.6) is 0 Å². The summed E-state index contributed by atoms with van der Waals surface area (Å²) in [5.74, 6) is 2.06. The Labute approximate surface area is 130 Å². The molecule has 3 heterocycles. The molecule has 0 spiro atoms. The lowest BCUT2D eigenvalue weighted by Gasteiger charge is -2.32. The van der Waals surface area contributed by atoms with E-state index in [2.05, 4.69) is 20.2 Å². The monoisotopic (exact) mass is 304 g/mol. The van der Waals surface area contributed by atoms with Crippen molar-refractivity contribution in [3.05, 3.63) is 30.1 Å². The van der Waals surface area contributed by atoms with Crippen LogP contribution < -0.4 is 0 Å². The molecule has 22 heavy (non-hydrogen) atoms. The number of nitrogens with zero attached hydrogens (tertiary/aromatic N) is 6. The van der Waals surface area contributed by atoms with Crippen LogP contribution in [0.1, 0.15) is 36.8 Å². The van der Waals surface area contributed by atoms with Crippen LogP contribution in [-0.2, 0) is 20.2 Å². The van der Waals surface area contributed by atoms with Crippen LogP contribution in [0, 0.1) is 0 Å². The first-order valence-electron chi connectivity index (χ1n) is 7.96. The number of aryl methyl sites for hydroxylation is 1. The average Bonchev–Trinajstić information content (AvgIpc) is 3.17. The topological polar surface area (TPSA) is 72.0 Å². The first kappa shape index (κ1) is 15.2. The van der Waals surface area contributed by atoms with E-state index >= 15 is 0 Å². The lowest BCUT2D eigenvalue weighted by Crippen LogP contribution is -2.36. The van der Waals surface area contributed by atoms with Gasteiger partial charge in [-0.15, -0.1) is 10.2 Å². The van der Waals surface area contributed by atoms with E-state index in [0.29, 0.717) is 11.7 Å². The fourth-order valence-electron chi connectivity index (χ4n) is 3.23. The van der Waals surface area contributed by atoms with E-state index in [1.165, 1.54) is 6.42 Å². The summed E-state index contributed by atoms with van der Waals surface area (Å²) in [5, 5.41) is 21.8. The Kier molecular flexibility index (Phi) is 4.84. The van der Waals surface area contributed by atoms with E-state index in [-0.39, 0.29) is 6.61 Å². The molecular weight excluding hydrogens is 280 g/mol. The summed E-state index contributed by atoms with van der Waals surface area (Å²) in [5.41, 5.74) is 0. The maximum absolute atomic E-state index is 9.25. The molecule has 7 heteroatoms. The van der Waals surface area contributed by atoms with Crippen molar-refractivity contribution in [3.63, 3.8) is 0 Å². The van der Waals surface area contributed by atoms with Crippen LogP contribution in [0.4, 0.5) is 0 Å². The number of hydrogen-bond donors (Lipinski definition) is 1. The Bertz CT molecular complexity index is 579. The van der Waals surface area contributed by atoms with Crippen LogP contribution in [0.3, 0.4) is 0 Å². The van der Waals surface area contributed by atoms with E-state index in [9.17, 15) is 5.11 Å². The molecule has 0 bridgehead atoms. The smallest absolute Gasteiger partial charge is 0.158 e. The van der Waals surface area contributed by atoms with Gasteiger partial charge < -0.3 is 14.6 Å². The van der Waals surface area contributed by atoms with Gasteiger partial charge in [-0.3, -0.25) is 4.68 Å². The van der Waals surface area contributed by atoms with Crippen molar-refractivity contribution in [2.24, 2.45) is 7.05 Å². The number of aliphatic hydroxyl groups excluding tert-OH is 1. The van der Waals surface area contributed by atoms with E-state index in [1.807, 2.05) is 34.8 Å². The molecular formula is C15H24N6O. The van der Waals surface area contributed by atoms with Crippen LogP contribution in [-0.4, -0.2) is 54.2 Å². The van der Waals surface area contributed by atoms with E-state index < -0.39 is 0 Å². The van der Waals surface area contributed by atoms with Crippen molar-refractivity contribution in [3.8, 4) is 0 Å². The molecule has 120 valence electrons. The second kappa shape index (κ2) is 7.02. The van der Waals surface area contributed by atoms with E-state index in [4.69, 9.17) is 0 Å². The molecule has 1 N–H and O–H groups in total. The molecule has 0 radical (unpaired) electrons. The van der Waals surface area contributed by atoms with Crippen LogP contribution >= 0.6 is 0 Å². The molecule has 1 fully saturated rings.